The maximum Gasteiger partial charge on any atom is 0.337 e. The van der Waals surface area contributed by atoms with Gasteiger partial charge in [0.25, 0.3) is 5.91 Å². The van der Waals surface area contributed by atoms with Gasteiger partial charge in [-0.1, -0.05) is 48.5 Å². The number of fused-ring (bicyclic) bond motifs is 3. The van der Waals surface area contributed by atoms with Crippen molar-refractivity contribution in [3.8, 4) is 16.9 Å². The maximum absolute atomic E-state index is 13.1. The molecule has 2 heterocycles. The molecule has 4 N–H and O–H groups in total. The first-order valence-electron chi connectivity index (χ1n) is 12.7. The molecule has 0 aliphatic heterocycles. The Bertz CT molecular complexity index is 1490. The Morgan fingerprint density at radius 3 is 2.43 bits per heavy atom. The largest absolute Gasteiger partial charge is 0.478 e. The van der Waals surface area contributed by atoms with Gasteiger partial charge in [-0.3, -0.25) is 9.78 Å². The molecule has 2 aliphatic rings. The van der Waals surface area contributed by atoms with Gasteiger partial charge in [0.15, 0.2) is 0 Å². The first kappa shape index (κ1) is 23.2. The Morgan fingerprint density at radius 1 is 1.05 bits per heavy atom. The third kappa shape index (κ3) is 4.21. The third-order valence-electron chi connectivity index (χ3n) is 7.40. The molecule has 186 valence electrons. The minimum atomic E-state index is -0.963. The van der Waals surface area contributed by atoms with Crippen molar-refractivity contribution in [3.63, 3.8) is 0 Å². The Kier molecular flexibility index (Phi) is 5.85. The lowest BCUT2D eigenvalue weighted by atomic mass is 9.88. The molecule has 1 amide bonds. The lowest BCUT2D eigenvalue weighted by molar-refractivity contribution is 0.0693. The molecule has 0 spiro atoms. The van der Waals surface area contributed by atoms with E-state index in [-0.39, 0.29) is 17.9 Å². The zero-order valence-corrected chi connectivity index (χ0v) is 20.4. The van der Waals surface area contributed by atoms with Gasteiger partial charge in [-0.2, -0.15) is 0 Å². The minimum Gasteiger partial charge on any atom is -0.478 e. The zero-order valence-electron chi connectivity index (χ0n) is 20.4. The number of aromatic nitrogens is 2. The number of aromatic carboxylic acids is 1. The summed E-state index contributed by atoms with van der Waals surface area (Å²) in [5, 5.41) is 13.3. The predicted octanol–water partition coefficient (Wildman–Crippen LogP) is 4.68. The fraction of sp³-hybridized carbons (Fsp3) is 0.233. The molecular weight excluding hydrogens is 464 g/mol. The maximum atomic E-state index is 13.1. The van der Waals surface area contributed by atoms with Crippen molar-refractivity contribution in [2.75, 3.05) is 0 Å². The molecule has 37 heavy (non-hydrogen) atoms. The minimum absolute atomic E-state index is 0.271. The lowest BCUT2D eigenvalue weighted by Gasteiger charge is -2.22. The number of aryl methyl sites for hydroxylation is 1. The van der Waals surface area contributed by atoms with E-state index in [1.807, 2.05) is 65.2 Å². The third-order valence-corrected chi connectivity index (χ3v) is 7.40. The molecule has 1 fully saturated rings. The van der Waals surface area contributed by atoms with Crippen molar-refractivity contribution in [1.82, 2.24) is 14.9 Å². The second kappa shape index (κ2) is 9.33. The summed E-state index contributed by atoms with van der Waals surface area (Å²) >= 11 is 0. The van der Waals surface area contributed by atoms with E-state index in [0.29, 0.717) is 36.3 Å². The highest BCUT2D eigenvalue weighted by atomic mass is 16.4. The molecule has 1 unspecified atom stereocenters. The van der Waals surface area contributed by atoms with Gasteiger partial charge >= 0.3 is 5.97 Å². The Morgan fingerprint density at radius 2 is 1.76 bits per heavy atom. The molecule has 2 aromatic heterocycles. The number of carboxylic acid groups (broad SMARTS) is 1. The van der Waals surface area contributed by atoms with Crippen LogP contribution < -0.4 is 11.1 Å². The van der Waals surface area contributed by atoms with Gasteiger partial charge in [-0.25, -0.2) is 4.79 Å². The van der Waals surface area contributed by atoms with E-state index in [1.54, 1.807) is 12.3 Å². The Hall–Kier alpha value is -4.23. The smallest absolute Gasteiger partial charge is 0.337 e. The fourth-order valence-electron chi connectivity index (χ4n) is 5.40. The van der Waals surface area contributed by atoms with E-state index < -0.39 is 5.97 Å². The van der Waals surface area contributed by atoms with E-state index in [1.165, 1.54) is 0 Å². The summed E-state index contributed by atoms with van der Waals surface area (Å²) in [5.41, 5.74) is 13.2. The lowest BCUT2D eigenvalue weighted by Crippen LogP contribution is -2.24. The molecule has 7 nitrogen and oxygen atoms in total. The second-order valence-electron chi connectivity index (χ2n) is 9.82. The highest BCUT2D eigenvalue weighted by Gasteiger charge is 2.39. The summed E-state index contributed by atoms with van der Waals surface area (Å²) in [6.07, 6.45) is 4.97. The van der Waals surface area contributed by atoms with Crippen LogP contribution in [-0.2, 0) is 19.4 Å². The monoisotopic (exact) mass is 492 g/mol. The SMILES string of the molecule is NC(c1c(C(=O)O)c2c(n1-c1ccccc1)-c1cc(C(=O)NCc3ccccc3)ncc1CC2)C1CC1. The van der Waals surface area contributed by atoms with Crippen molar-refractivity contribution in [2.45, 2.75) is 38.3 Å². The van der Waals surface area contributed by atoms with Gasteiger partial charge in [0, 0.05) is 30.0 Å². The summed E-state index contributed by atoms with van der Waals surface area (Å²) in [5.74, 6) is -0.964. The number of nitrogens with two attached hydrogens (primary N) is 1. The molecule has 0 radical (unpaired) electrons. The second-order valence-corrected chi connectivity index (χ2v) is 9.82. The molecule has 1 atom stereocenters. The highest BCUT2D eigenvalue weighted by Crippen LogP contribution is 2.47. The van der Waals surface area contributed by atoms with E-state index in [9.17, 15) is 14.7 Å². The number of para-hydroxylation sites is 1. The van der Waals surface area contributed by atoms with E-state index in [2.05, 4.69) is 10.3 Å². The number of pyridine rings is 1. The average Bonchev–Trinajstić information content (AvgIpc) is 3.72. The van der Waals surface area contributed by atoms with Crippen LogP contribution in [0.25, 0.3) is 16.9 Å². The number of amides is 1. The van der Waals surface area contributed by atoms with Crippen molar-refractivity contribution in [2.24, 2.45) is 11.7 Å². The summed E-state index contributed by atoms with van der Waals surface area (Å²) < 4.78 is 2.02. The van der Waals surface area contributed by atoms with Gasteiger partial charge in [0.1, 0.15) is 5.69 Å². The van der Waals surface area contributed by atoms with Crippen LogP contribution >= 0.6 is 0 Å². The zero-order chi connectivity index (χ0) is 25.5. The number of hydrogen-bond acceptors (Lipinski definition) is 4. The number of rotatable bonds is 7. The highest BCUT2D eigenvalue weighted by molar-refractivity contribution is 5.97. The number of benzene rings is 2. The molecule has 2 aromatic carbocycles. The first-order valence-corrected chi connectivity index (χ1v) is 12.7. The average molecular weight is 493 g/mol. The summed E-state index contributed by atoms with van der Waals surface area (Å²) in [7, 11) is 0. The molecule has 6 rings (SSSR count). The van der Waals surface area contributed by atoms with Gasteiger partial charge < -0.3 is 20.7 Å². The fourth-order valence-corrected chi connectivity index (χ4v) is 5.40. The van der Waals surface area contributed by atoms with Gasteiger partial charge in [0.2, 0.25) is 0 Å². The van der Waals surface area contributed by atoms with Crippen LogP contribution in [0.4, 0.5) is 0 Å². The number of carbonyl (C=O) groups is 2. The summed E-state index contributed by atoms with van der Waals surface area (Å²) in [6, 6.07) is 20.9. The van der Waals surface area contributed by atoms with Crippen LogP contribution in [0.15, 0.2) is 72.9 Å². The van der Waals surface area contributed by atoms with Gasteiger partial charge in [0.05, 0.1) is 17.0 Å². The number of nitrogens with one attached hydrogen (secondary N) is 1. The van der Waals surface area contributed by atoms with Crippen LogP contribution in [0.1, 0.15) is 62.1 Å². The number of carboxylic acids is 1. The molecule has 0 saturated heterocycles. The number of nitrogens with zero attached hydrogens (tertiary/aromatic N) is 2. The Balaban J connectivity index is 1.49. The van der Waals surface area contributed by atoms with Crippen molar-refractivity contribution >= 4 is 11.9 Å². The molecular formula is C30H28N4O3. The van der Waals surface area contributed by atoms with Crippen LogP contribution in [0, 0.1) is 5.92 Å². The van der Waals surface area contributed by atoms with E-state index in [4.69, 9.17) is 5.73 Å². The molecule has 1 saturated carbocycles. The van der Waals surface area contributed by atoms with Crippen molar-refractivity contribution in [3.05, 3.63) is 107 Å². The van der Waals surface area contributed by atoms with Crippen LogP contribution in [0.5, 0.6) is 0 Å². The van der Waals surface area contributed by atoms with Crippen molar-refractivity contribution in [1.29, 1.82) is 0 Å². The van der Waals surface area contributed by atoms with Gasteiger partial charge in [-0.15, -0.1) is 0 Å². The van der Waals surface area contributed by atoms with Gasteiger partial charge in [-0.05, 0) is 66.5 Å². The normalized spacial score (nSPS) is 14.9. The quantitative estimate of drug-likeness (QED) is 0.347. The molecule has 4 aromatic rings. The first-order chi connectivity index (χ1) is 18.0. The predicted molar refractivity (Wildman–Crippen MR) is 141 cm³/mol. The van der Waals surface area contributed by atoms with Crippen LogP contribution in [-0.4, -0.2) is 26.5 Å². The topological polar surface area (TPSA) is 110 Å². The van der Waals surface area contributed by atoms with Crippen LogP contribution in [0.3, 0.4) is 0 Å². The standard InChI is InChI=1S/C30H28N4O3/c31-26(19-11-12-19)28-25(30(36)37)22-14-13-20-17-32-24(29(35)33-16-18-7-3-1-4-8-18)15-23(20)27(22)34(28)21-9-5-2-6-10-21/h1-10,15,17,19,26H,11-14,16,31H2,(H,33,35)(H,36,37). The molecule has 2 aliphatic carbocycles. The Labute approximate surface area is 215 Å². The number of carbonyl (C=O) groups excluding carboxylic acids is 1. The molecule has 0 bridgehead atoms. The number of hydrogen-bond donors (Lipinski definition) is 3. The summed E-state index contributed by atoms with van der Waals surface area (Å²) in [6.45, 7) is 0.396. The van der Waals surface area contributed by atoms with Crippen LogP contribution in [0.2, 0.25) is 0 Å². The summed E-state index contributed by atoms with van der Waals surface area (Å²) in [4.78, 5) is 30.2. The van der Waals surface area contributed by atoms with E-state index in [0.717, 1.165) is 46.5 Å². The van der Waals surface area contributed by atoms with E-state index >= 15 is 0 Å². The molecule has 7 heteroatoms. The van der Waals surface area contributed by atoms with Crippen molar-refractivity contribution < 1.29 is 14.7 Å².